The molecule has 3 rings (SSSR count). The molecule has 1 aliphatic rings. The summed E-state index contributed by atoms with van der Waals surface area (Å²) < 4.78 is 33.1. The van der Waals surface area contributed by atoms with E-state index < -0.39 is 10.0 Å². The fraction of sp³-hybridized carbons (Fsp3) is 0.375. The van der Waals surface area contributed by atoms with Gasteiger partial charge in [0.25, 0.3) is 0 Å². The lowest BCUT2D eigenvalue weighted by molar-refractivity contribution is 0.124. The minimum absolute atomic E-state index is 0.246. The molecule has 0 amide bonds. The molecule has 1 aromatic carbocycles. The van der Waals surface area contributed by atoms with Crippen LogP contribution in [-0.4, -0.2) is 41.9 Å². The highest BCUT2D eigenvalue weighted by atomic mass is 35.5. The zero-order chi connectivity index (χ0) is 17.2. The SMILES string of the molecule is Cc1c(Cl)cccc1S(=O)(=O)N1CCCC(Oc2cnccn2)C1. The Labute approximate surface area is 146 Å². The van der Waals surface area contributed by atoms with E-state index in [4.69, 9.17) is 16.3 Å². The second kappa shape index (κ2) is 7.04. The van der Waals surface area contributed by atoms with Crippen molar-refractivity contribution in [3.8, 4) is 5.88 Å². The van der Waals surface area contributed by atoms with E-state index in [1.807, 2.05) is 0 Å². The Hall–Kier alpha value is -1.70. The van der Waals surface area contributed by atoms with Gasteiger partial charge in [0.2, 0.25) is 15.9 Å². The largest absolute Gasteiger partial charge is 0.472 e. The molecule has 0 spiro atoms. The van der Waals surface area contributed by atoms with E-state index in [1.54, 1.807) is 37.5 Å². The summed E-state index contributed by atoms with van der Waals surface area (Å²) in [6, 6.07) is 4.93. The minimum atomic E-state index is -3.61. The number of halogens is 1. The lowest BCUT2D eigenvalue weighted by atomic mass is 10.1. The first-order valence-corrected chi connectivity index (χ1v) is 9.48. The quantitative estimate of drug-likeness (QED) is 0.830. The lowest BCUT2D eigenvalue weighted by Gasteiger charge is -2.32. The van der Waals surface area contributed by atoms with Crippen molar-refractivity contribution in [1.82, 2.24) is 14.3 Å². The summed E-state index contributed by atoms with van der Waals surface area (Å²) in [5, 5.41) is 0.445. The van der Waals surface area contributed by atoms with Crippen LogP contribution >= 0.6 is 11.6 Å². The molecule has 0 N–H and O–H groups in total. The molecule has 1 unspecified atom stereocenters. The normalized spacial score (nSPS) is 19.2. The van der Waals surface area contributed by atoms with Crippen molar-refractivity contribution in [3.05, 3.63) is 47.4 Å². The van der Waals surface area contributed by atoms with Gasteiger partial charge in [0.1, 0.15) is 6.10 Å². The summed E-state index contributed by atoms with van der Waals surface area (Å²) in [5.41, 5.74) is 0.566. The predicted molar refractivity (Wildman–Crippen MR) is 90.6 cm³/mol. The average Bonchev–Trinajstić information content (AvgIpc) is 2.58. The molecule has 2 heterocycles. The minimum Gasteiger partial charge on any atom is -0.472 e. The summed E-state index contributed by atoms with van der Waals surface area (Å²) >= 11 is 6.07. The predicted octanol–water partition coefficient (Wildman–Crippen LogP) is 2.67. The number of aromatic nitrogens is 2. The molecular weight excluding hydrogens is 350 g/mol. The number of rotatable bonds is 4. The van der Waals surface area contributed by atoms with Gasteiger partial charge in [-0.05, 0) is 37.5 Å². The number of benzene rings is 1. The molecule has 8 heteroatoms. The van der Waals surface area contributed by atoms with Crippen molar-refractivity contribution >= 4 is 21.6 Å². The van der Waals surface area contributed by atoms with Gasteiger partial charge in [0, 0.05) is 24.0 Å². The molecule has 1 saturated heterocycles. The summed E-state index contributed by atoms with van der Waals surface area (Å²) in [6.07, 6.45) is 5.88. The van der Waals surface area contributed by atoms with Gasteiger partial charge in [-0.25, -0.2) is 13.4 Å². The number of sulfonamides is 1. The second-order valence-corrected chi connectivity index (χ2v) is 7.97. The Morgan fingerprint density at radius 3 is 2.92 bits per heavy atom. The molecule has 1 atom stereocenters. The Morgan fingerprint density at radius 2 is 2.17 bits per heavy atom. The zero-order valence-electron chi connectivity index (χ0n) is 13.2. The van der Waals surface area contributed by atoms with E-state index in [1.165, 1.54) is 10.5 Å². The number of hydrogen-bond acceptors (Lipinski definition) is 5. The van der Waals surface area contributed by atoms with Crippen molar-refractivity contribution in [1.29, 1.82) is 0 Å². The van der Waals surface area contributed by atoms with Crippen LogP contribution in [0.4, 0.5) is 0 Å². The molecule has 1 aromatic heterocycles. The maximum atomic E-state index is 12.9. The number of hydrogen-bond donors (Lipinski definition) is 0. The first-order valence-electron chi connectivity index (χ1n) is 7.66. The van der Waals surface area contributed by atoms with Crippen molar-refractivity contribution in [2.75, 3.05) is 13.1 Å². The molecule has 24 heavy (non-hydrogen) atoms. The highest BCUT2D eigenvalue weighted by Crippen LogP contribution is 2.28. The Kier molecular flexibility index (Phi) is 5.03. The molecule has 0 aliphatic carbocycles. The summed E-state index contributed by atoms with van der Waals surface area (Å²) in [7, 11) is -3.61. The van der Waals surface area contributed by atoms with E-state index in [2.05, 4.69) is 9.97 Å². The van der Waals surface area contributed by atoms with Crippen LogP contribution in [0.5, 0.6) is 5.88 Å². The van der Waals surface area contributed by atoms with E-state index in [0.717, 1.165) is 12.8 Å². The van der Waals surface area contributed by atoms with Gasteiger partial charge in [-0.1, -0.05) is 17.7 Å². The number of piperidine rings is 1. The fourth-order valence-electron chi connectivity index (χ4n) is 2.74. The van der Waals surface area contributed by atoms with Crippen LogP contribution in [0, 0.1) is 6.92 Å². The fourth-order valence-corrected chi connectivity index (χ4v) is 4.73. The molecule has 2 aromatic rings. The van der Waals surface area contributed by atoms with Crippen LogP contribution in [0.15, 0.2) is 41.7 Å². The van der Waals surface area contributed by atoms with Gasteiger partial charge >= 0.3 is 0 Å². The van der Waals surface area contributed by atoms with Gasteiger partial charge in [-0.3, -0.25) is 4.98 Å². The van der Waals surface area contributed by atoms with Crippen LogP contribution in [0.2, 0.25) is 5.02 Å². The molecule has 0 saturated carbocycles. The van der Waals surface area contributed by atoms with Crippen molar-refractivity contribution < 1.29 is 13.2 Å². The van der Waals surface area contributed by atoms with Crippen LogP contribution in [-0.2, 0) is 10.0 Å². The van der Waals surface area contributed by atoms with Crippen LogP contribution in [0.25, 0.3) is 0 Å². The molecule has 0 bridgehead atoms. The maximum Gasteiger partial charge on any atom is 0.243 e. The van der Waals surface area contributed by atoms with Gasteiger partial charge in [-0.15, -0.1) is 0 Å². The van der Waals surface area contributed by atoms with Crippen molar-refractivity contribution in [3.63, 3.8) is 0 Å². The van der Waals surface area contributed by atoms with Gasteiger partial charge in [-0.2, -0.15) is 4.31 Å². The van der Waals surface area contributed by atoms with Gasteiger partial charge < -0.3 is 4.74 Å². The third-order valence-corrected chi connectivity index (χ3v) is 6.42. The first kappa shape index (κ1) is 17.1. The Balaban J connectivity index is 1.80. The molecule has 0 radical (unpaired) electrons. The van der Waals surface area contributed by atoms with E-state index in [9.17, 15) is 8.42 Å². The monoisotopic (exact) mass is 367 g/mol. The lowest BCUT2D eigenvalue weighted by Crippen LogP contribution is -2.44. The highest BCUT2D eigenvalue weighted by Gasteiger charge is 2.32. The molecule has 128 valence electrons. The van der Waals surface area contributed by atoms with Crippen LogP contribution in [0.1, 0.15) is 18.4 Å². The topological polar surface area (TPSA) is 72.4 Å². The molecule has 1 fully saturated rings. The standard InChI is InChI=1S/C16H18ClN3O3S/c1-12-14(17)5-2-6-15(12)24(21,22)20-9-3-4-13(11-20)23-16-10-18-7-8-19-16/h2,5-8,10,13H,3-4,9,11H2,1H3. The average molecular weight is 368 g/mol. The van der Waals surface area contributed by atoms with Gasteiger partial charge in [0.15, 0.2) is 0 Å². The third kappa shape index (κ3) is 3.53. The molecule has 6 nitrogen and oxygen atoms in total. The Bertz CT molecular complexity index is 815. The van der Waals surface area contributed by atoms with E-state index in [0.29, 0.717) is 23.0 Å². The zero-order valence-corrected chi connectivity index (χ0v) is 14.8. The summed E-state index contributed by atoms with van der Waals surface area (Å²) in [4.78, 5) is 8.27. The first-order chi connectivity index (χ1) is 11.5. The Morgan fingerprint density at radius 1 is 1.33 bits per heavy atom. The molecule has 1 aliphatic heterocycles. The molecular formula is C16H18ClN3O3S. The number of nitrogens with zero attached hydrogens (tertiary/aromatic N) is 3. The van der Waals surface area contributed by atoms with E-state index >= 15 is 0 Å². The highest BCUT2D eigenvalue weighted by molar-refractivity contribution is 7.89. The van der Waals surface area contributed by atoms with Gasteiger partial charge in [0.05, 0.1) is 17.6 Å². The second-order valence-electron chi connectivity index (χ2n) is 5.65. The van der Waals surface area contributed by atoms with Crippen LogP contribution < -0.4 is 4.74 Å². The maximum absolute atomic E-state index is 12.9. The van der Waals surface area contributed by atoms with Crippen molar-refractivity contribution in [2.24, 2.45) is 0 Å². The van der Waals surface area contributed by atoms with Crippen LogP contribution in [0.3, 0.4) is 0 Å². The van der Waals surface area contributed by atoms with Crippen molar-refractivity contribution in [2.45, 2.75) is 30.8 Å². The summed E-state index contributed by atoms with van der Waals surface area (Å²) in [5.74, 6) is 0.403. The van der Waals surface area contributed by atoms with E-state index in [-0.39, 0.29) is 17.5 Å². The number of ether oxygens (including phenoxy) is 1. The summed E-state index contributed by atoms with van der Waals surface area (Å²) in [6.45, 7) is 2.46. The smallest absolute Gasteiger partial charge is 0.243 e. The third-order valence-electron chi connectivity index (χ3n) is 4.00.